The summed E-state index contributed by atoms with van der Waals surface area (Å²) in [4.78, 5) is 12.5. The van der Waals surface area contributed by atoms with Gasteiger partial charge < -0.3 is 5.32 Å². The molecule has 1 N–H and O–H groups in total. The lowest BCUT2D eigenvalue weighted by Crippen LogP contribution is -2.45. The second kappa shape index (κ2) is 4.64. The van der Waals surface area contributed by atoms with E-state index in [2.05, 4.69) is 16.5 Å². The summed E-state index contributed by atoms with van der Waals surface area (Å²) >= 11 is 0. The van der Waals surface area contributed by atoms with Crippen molar-refractivity contribution < 1.29 is 4.79 Å². The Morgan fingerprint density at radius 3 is 2.80 bits per heavy atom. The van der Waals surface area contributed by atoms with Gasteiger partial charge >= 0.3 is 0 Å². The highest BCUT2D eigenvalue weighted by Crippen LogP contribution is 2.29. The number of rotatable bonds is 2. The lowest BCUT2D eigenvalue weighted by Gasteiger charge is -2.21. The van der Waals surface area contributed by atoms with Crippen LogP contribution in [0, 0.1) is 11.3 Å². The second-order valence-electron chi connectivity index (χ2n) is 5.34. The molecule has 0 atom stereocenters. The van der Waals surface area contributed by atoms with Crippen molar-refractivity contribution in [1.29, 1.82) is 5.26 Å². The molecule has 2 aromatic rings. The minimum Gasteiger partial charge on any atom is -0.332 e. The van der Waals surface area contributed by atoms with E-state index in [9.17, 15) is 10.1 Å². The van der Waals surface area contributed by atoms with Gasteiger partial charge in [-0.2, -0.15) is 10.4 Å². The first kappa shape index (κ1) is 12.7. The molecule has 5 heteroatoms. The molecule has 1 fully saturated rings. The van der Waals surface area contributed by atoms with Gasteiger partial charge in [0.1, 0.15) is 5.54 Å². The number of carbonyl (C=O) groups excluding carboxylic acids is 1. The molecule has 1 aromatic heterocycles. The summed E-state index contributed by atoms with van der Waals surface area (Å²) in [7, 11) is 1.81. The Morgan fingerprint density at radius 1 is 1.40 bits per heavy atom. The van der Waals surface area contributed by atoms with Crippen LogP contribution >= 0.6 is 0 Å². The van der Waals surface area contributed by atoms with Crippen LogP contribution < -0.4 is 5.32 Å². The predicted octanol–water partition coefficient (Wildman–Crippen LogP) is 2.14. The monoisotopic (exact) mass is 268 g/mol. The molecule has 20 heavy (non-hydrogen) atoms. The highest BCUT2D eigenvalue weighted by Gasteiger charge is 2.36. The summed E-state index contributed by atoms with van der Waals surface area (Å²) < 4.78 is 1.69. The molecular weight excluding hydrogens is 252 g/mol. The Morgan fingerprint density at radius 2 is 2.10 bits per heavy atom. The van der Waals surface area contributed by atoms with E-state index in [1.165, 1.54) is 0 Å². The summed E-state index contributed by atoms with van der Waals surface area (Å²) in [6.45, 7) is 0. The first-order valence-corrected chi connectivity index (χ1v) is 6.81. The average molecular weight is 268 g/mol. The first-order valence-electron chi connectivity index (χ1n) is 6.81. The maximum atomic E-state index is 12.5. The van der Waals surface area contributed by atoms with E-state index in [1.807, 2.05) is 31.3 Å². The van der Waals surface area contributed by atoms with Crippen molar-refractivity contribution in [3.63, 3.8) is 0 Å². The number of aromatic nitrogens is 2. The maximum absolute atomic E-state index is 12.5. The van der Waals surface area contributed by atoms with Crippen LogP contribution in [-0.2, 0) is 7.05 Å². The van der Waals surface area contributed by atoms with Crippen LogP contribution in [0.2, 0.25) is 0 Å². The third-order valence-electron chi connectivity index (χ3n) is 4.00. The predicted molar refractivity (Wildman–Crippen MR) is 75.0 cm³/mol. The number of carbonyl (C=O) groups is 1. The van der Waals surface area contributed by atoms with Crippen LogP contribution in [0.5, 0.6) is 0 Å². The van der Waals surface area contributed by atoms with E-state index in [-0.39, 0.29) is 5.91 Å². The maximum Gasteiger partial charge on any atom is 0.273 e. The number of fused-ring (bicyclic) bond motifs is 1. The van der Waals surface area contributed by atoms with Crippen molar-refractivity contribution in [2.45, 2.75) is 31.2 Å². The van der Waals surface area contributed by atoms with Crippen LogP contribution in [-0.4, -0.2) is 21.2 Å². The zero-order valence-corrected chi connectivity index (χ0v) is 11.4. The number of aryl methyl sites for hydroxylation is 1. The van der Waals surface area contributed by atoms with Gasteiger partial charge in [0.2, 0.25) is 0 Å². The largest absolute Gasteiger partial charge is 0.332 e. The highest BCUT2D eigenvalue weighted by atomic mass is 16.2. The van der Waals surface area contributed by atoms with Gasteiger partial charge in [-0.05, 0) is 31.7 Å². The minimum absolute atomic E-state index is 0.259. The zero-order valence-electron chi connectivity index (χ0n) is 11.4. The SMILES string of the molecule is Cn1nc(C(=O)NC2(C#N)CCCC2)c2ccccc21. The van der Waals surface area contributed by atoms with Gasteiger partial charge in [0.15, 0.2) is 5.69 Å². The van der Waals surface area contributed by atoms with Crippen LogP contribution in [0.25, 0.3) is 10.9 Å². The topological polar surface area (TPSA) is 70.7 Å². The van der Waals surface area contributed by atoms with Gasteiger partial charge in [-0.1, -0.05) is 18.2 Å². The molecule has 1 aliphatic rings. The lowest BCUT2D eigenvalue weighted by atomic mass is 9.99. The van der Waals surface area contributed by atoms with Crippen molar-refractivity contribution in [2.24, 2.45) is 7.05 Å². The quantitative estimate of drug-likeness (QED) is 0.907. The van der Waals surface area contributed by atoms with Crippen molar-refractivity contribution in [2.75, 3.05) is 0 Å². The number of para-hydroxylation sites is 1. The number of nitrogens with one attached hydrogen (secondary N) is 1. The minimum atomic E-state index is -0.713. The lowest BCUT2D eigenvalue weighted by molar-refractivity contribution is 0.0916. The standard InChI is InChI=1S/C15H16N4O/c1-19-12-7-3-2-6-11(12)13(18-19)14(20)17-15(10-16)8-4-5-9-15/h2-3,6-7H,4-5,8-9H2,1H3,(H,17,20). The summed E-state index contributed by atoms with van der Waals surface area (Å²) in [6, 6.07) is 9.87. The molecule has 0 aliphatic heterocycles. The Balaban J connectivity index is 1.96. The molecule has 0 spiro atoms. The Kier molecular flexibility index (Phi) is 2.94. The van der Waals surface area contributed by atoms with Crippen LogP contribution in [0.3, 0.4) is 0 Å². The van der Waals surface area contributed by atoms with E-state index in [4.69, 9.17) is 0 Å². The summed E-state index contributed by atoms with van der Waals surface area (Å²) in [5.41, 5.74) is 0.593. The summed E-state index contributed by atoms with van der Waals surface area (Å²) in [5.74, 6) is -0.259. The highest BCUT2D eigenvalue weighted by molar-refractivity contribution is 6.05. The van der Waals surface area contributed by atoms with Gasteiger partial charge in [0.25, 0.3) is 5.91 Å². The molecule has 1 amide bonds. The summed E-state index contributed by atoms with van der Waals surface area (Å²) in [5, 5.41) is 17.3. The molecular formula is C15H16N4O. The van der Waals surface area contributed by atoms with Crippen LogP contribution in [0.15, 0.2) is 24.3 Å². The van der Waals surface area contributed by atoms with E-state index in [0.717, 1.165) is 36.6 Å². The molecule has 0 saturated heterocycles. The third kappa shape index (κ3) is 1.94. The summed E-state index contributed by atoms with van der Waals surface area (Å²) in [6.07, 6.45) is 3.41. The fourth-order valence-corrected chi connectivity index (χ4v) is 2.90. The molecule has 0 unspecified atom stereocenters. The molecule has 1 aliphatic carbocycles. The van der Waals surface area contributed by atoms with E-state index >= 15 is 0 Å². The van der Waals surface area contributed by atoms with Crippen LogP contribution in [0.1, 0.15) is 36.2 Å². The molecule has 1 aromatic carbocycles. The van der Waals surface area contributed by atoms with Crippen molar-refractivity contribution >= 4 is 16.8 Å². The van der Waals surface area contributed by atoms with E-state index in [1.54, 1.807) is 4.68 Å². The molecule has 102 valence electrons. The van der Waals surface area contributed by atoms with Crippen LogP contribution in [0.4, 0.5) is 0 Å². The number of nitriles is 1. The zero-order chi connectivity index (χ0) is 14.2. The van der Waals surface area contributed by atoms with Gasteiger partial charge in [0, 0.05) is 12.4 Å². The molecule has 0 bridgehead atoms. The Bertz CT molecular complexity index is 704. The number of hydrogen-bond donors (Lipinski definition) is 1. The number of amides is 1. The normalized spacial score (nSPS) is 17.0. The molecule has 5 nitrogen and oxygen atoms in total. The number of benzene rings is 1. The Hall–Kier alpha value is -2.35. The fraction of sp³-hybridized carbons (Fsp3) is 0.400. The molecule has 1 saturated carbocycles. The van der Waals surface area contributed by atoms with Gasteiger partial charge in [-0.3, -0.25) is 9.48 Å². The number of nitrogens with zero attached hydrogens (tertiary/aromatic N) is 3. The van der Waals surface area contributed by atoms with Crippen molar-refractivity contribution in [1.82, 2.24) is 15.1 Å². The fourth-order valence-electron chi connectivity index (χ4n) is 2.90. The van der Waals surface area contributed by atoms with Crippen molar-refractivity contribution in [3.8, 4) is 6.07 Å². The first-order chi connectivity index (χ1) is 9.65. The van der Waals surface area contributed by atoms with E-state index < -0.39 is 5.54 Å². The average Bonchev–Trinajstić information content (AvgIpc) is 3.05. The Labute approximate surface area is 117 Å². The molecule has 3 rings (SSSR count). The van der Waals surface area contributed by atoms with E-state index in [0.29, 0.717) is 5.69 Å². The second-order valence-corrected chi connectivity index (χ2v) is 5.34. The smallest absolute Gasteiger partial charge is 0.273 e. The van der Waals surface area contributed by atoms with Gasteiger partial charge in [0.05, 0.1) is 11.6 Å². The third-order valence-corrected chi connectivity index (χ3v) is 4.00. The number of hydrogen-bond acceptors (Lipinski definition) is 3. The molecule has 1 heterocycles. The molecule has 0 radical (unpaired) electrons. The van der Waals surface area contributed by atoms with Crippen molar-refractivity contribution in [3.05, 3.63) is 30.0 Å². The van der Waals surface area contributed by atoms with Gasteiger partial charge in [-0.25, -0.2) is 0 Å². The van der Waals surface area contributed by atoms with Gasteiger partial charge in [-0.15, -0.1) is 0 Å².